The molecule has 29 heavy (non-hydrogen) atoms. The largest absolute Gasteiger partial charge is 0.465 e. The first-order valence-electron chi connectivity index (χ1n) is 9.03. The molecule has 4 heterocycles. The van der Waals surface area contributed by atoms with Crippen molar-refractivity contribution in [2.75, 3.05) is 23.7 Å². The summed E-state index contributed by atoms with van der Waals surface area (Å²) >= 11 is 7.69. The van der Waals surface area contributed by atoms with E-state index in [0.29, 0.717) is 31.0 Å². The molecule has 0 atom stereocenters. The van der Waals surface area contributed by atoms with E-state index in [1.807, 2.05) is 17.5 Å². The van der Waals surface area contributed by atoms with Crippen molar-refractivity contribution in [3.05, 3.63) is 35.7 Å². The number of piperidine rings is 1. The molecule has 4 rings (SSSR count). The Morgan fingerprint density at radius 2 is 2.07 bits per heavy atom. The van der Waals surface area contributed by atoms with E-state index in [2.05, 4.69) is 25.3 Å². The van der Waals surface area contributed by atoms with Crippen LogP contribution in [0.3, 0.4) is 0 Å². The Bertz CT molecular complexity index is 1070. The monoisotopic (exact) mass is 433 g/mol. The van der Waals surface area contributed by atoms with E-state index in [0.717, 1.165) is 21.3 Å². The normalized spacial score (nSPS) is 16.1. The SMILES string of the molecule is CC1(NC(=O)O)CCN(c2ncc(Sc3ccnc(N)c3Cl)n3nccc23)CC1. The molecule has 0 unspecified atom stereocenters. The third-order valence-electron chi connectivity index (χ3n) is 5.05. The zero-order valence-corrected chi connectivity index (χ0v) is 17.2. The topological polar surface area (TPSA) is 122 Å². The lowest BCUT2D eigenvalue weighted by Crippen LogP contribution is -2.53. The van der Waals surface area contributed by atoms with Crippen LogP contribution in [-0.2, 0) is 0 Å². The Morgan fingerprint density at radius 3 is 2.79 bits per heavy atom. The number of aromatic nitrogens is 4. The Kier molecular flexibility index (Phi) is 5.13. The highest BCUT2D eigenvalue weighted by atomic mass is 35.5. The lowest BCUT2D eigenvalue weighted by Gasteiger charge is -2.39. The highest BCUT2D eigenvalue weighted by molar-refractivity contribution is 7.99. The molecule has 1 fully saturated rings. The molecule has 3 aromatic rings. The lowest BCUT2D eigenvalue weighted by atomic mass is 9.90. The van der Waals surface area contributed by atoms with E-state index in [1.165, 1.54) is 11.8 Å². The standard InChI is InChI=1S/C18H20ClN7O2S/c1-18(24-17(27)28)4-8-25(9-5-18)16-11-2-7-23-26(11)13(10-22-16)29-12-3-6-21-15(20)14(12)19/h2-3,6-7,10,24H,4-5,8-9H2,1H3,(H2,20,21)(H,27,28). The molecule has 1 aliphatic rings. The average Bonchev–Trinajstić information content (AvgIpc) is 3.16. The van der Waals surface area contributed by atoms with Gasteiger partial charge in [0.05, 0.1) is 17.4 Å². The molecular formula is C18H20ClN7O2S. The van der Waals surface area contributed by atoms with Crippen molar-refractivity contribution in [1.29, 1.82) is 0 Å². The number of anilines is 2. The summed E-state index contributed by atoms with van der Waals surface area (Å²) in [7, 11) is 0. The second-order valence-electron chi connectivity index (χ2n) is 7.14. The number of nitrogens with two attached hydrogens (primary N) is 1. The first kappa shape index (κ1) is 19.6. The van der Waals surface area contributed by atoms with Crippen LogP contribution in [0.5, 0.6) is 0 Å². The second-order valence-corrected chi connectivity index (χ2v) is 8.58. The Morgan fingerprint density at radius 1 is 1.31 bits per heavy atom. The van der Waals surface area contributed by atoms with Gasteiger partial charge in [-0.15, -0.1) is 0 Å². The van der Waals surface area contributed by atoms with Crippen molar-refractivity contribution in [3.8, 4) is 0 Å². The van der Waals surface area contributed by atoms with Crippen molar-refractivity contribution >= 4 is 46.6 Å². The zero-order valence-electron chi connectivity index (χ0n) is 15.7. The number of nitrogens with zero attached hydrogens (tertiary/aromatic N) is 5. The maximum Gasteiger partial charge on any atom is 0.405 e. The Hall–Kier alpha value is -2.72. The van der Waals surface area contributed by atoms with Gasteiger partial charge in [0, 0.05) is 29.7 Å². The lowest BCUT2D eigenvalue weighted by molar-refractivity contribution is 0.173. The van der Waals surface area contributed by atoms with Crippen LogP contribution < -0.4 is 16.0 Å². The van der Waals surface area contributed by atoms with Crippen LogP contribution >= 0.6 is 23.4 Å². The van der Waals surface area contributed by atoms with E-state index < -0.39 is 11.6 Å². The van der Waals surface area contributed by atoms with Crippen LogP contribution in [0.4, 0.5) is 16.4 Å². The minimum atomic E-state index is -0.992. The third kappa shape index (κ3) is 3.90. The second kappa shape index (κ2) is 7.60. The fourth-order valence-corrected chi connectivity index (χ4v) is 4.54. The smallest absolute Gasteiger partial charge is 0.405 e. The van der Waals surface area contributed by atoms with Crippen LogP contribution in [0, 0.1) is 0 Å². The minimum Gasteiger partial charge on any atom is -0.465 e. The number of hydrogen-bond donors (Lipinski definition) is 3. The number of amides is 1. The van der Waals surface area contributed by atoms with Gasteiger partial charge in [-0.05, 0) is 31.9 Å². The summed E-state index contributed by atoms with van der Waals surface area (Å²) in [5.41, 5.74) is 6.25. The number of halogens is 1. The number of pyridine rings is 1. The quantitative estimate of drug-likeness (QED) is 0.573. The van der Waals surface area contributed by atoms with Crippen LogP contribution in [0.15, 0.2) is 40.6 Å². The predicted octanol–water partition coefficient (Wildman–Crippen LogP) is 3.14. The fraction of sp³-hybridized carbons (Fsp3) is 0.333. The Labute approximate surface area is 176 Å². The summed E-state index contributed by atoms with van der Waals surface area (Å²) in [5, 5.41) is 17.3. The molecular weight excluding hydrogens is 414 g/mol. The number of nitrogens with one attached hydrogen (secondary N) is 1. The molecule has 0 radical (unpaired) electrons. The Balaban J connectivity index is 1.59. The summed E-state index contributed by atoms with van der Waals surface area (Å²) in [6.07, 6.45) is 5.51. The summed E-state index contributed by atoms with van der Waals surface area (Å²) in [6.45, 7) is 3.33. The van der Waals surface area contributed by atoms with Crippen molar-refractivity contribution in [2.24, 2.45) is 0 Å². The van der Waals surface area contributed by atoms with Crippen LogP contribution in [0.1, 0.15) is 19.8 Å². The van der Waals surface area contributed by atoms with Gasteiger partial charge in [0.15, 0.2) is 5.82 Å². The molecule has 4 N–H and O–H groups in total. The van der Waals surface area contributed by atoms with Gasteiger partial charge in [-0.3, -0.25) is 0 Å². The molecule has 11 heteroatoms. The van der Waals surface area contributed by atoms with E-state index >= 15 is 0 Å². The van der Waals surface area contributed by atoms with Crippen molar-refractivity contribution < 1.29 is 9.90 Å². The van der Waals surface area contributed by atoms with Crippen molar-refractivity contribution in [1.82, 2.24) is 24.9 Å². The predicted molar refractivity (Wildman–Crippen MR) is 112 cm³/mol. The van der Waals surface area contributed by atoms with Gasteiger partial charge in [-0.25, -0.2) is 19.3 Å². The molecule has 0 aliphatic carbocycles. The zero-order chi connectivity index (χ0) is 20.6. The van der Waals surface area contributed by atoms with Crippen LogP contribution in [-0.4, -0.2) is 49.4 Å². The fourth-order valence-electron chi connectivity index (χ4n) is 3.43. The van der Waals surface area contributed by atoms with Gasteiger partial charge in [0.25, 0.3) is 0 Å². The molecule has 1 amide bonds. The molecule has 152 valence electrons. The molecule has 3 aromatic heterocycles. The van der Waals surface area contributed by atoms with Crippen LogP contribution in [0.2, 0.25) is 5.02 Å². The third-order valence-corrected chi connectivity index (χ3v) is 6.61. The highest BCUT2D eigenvalue weighted by Crippen LogP contribution is 2.36. The number of rotatable bonds is 4. The number of hydrogen-bond acceptors (Lipinski definition) is 7. The van der Waals surface area contributed by atoms with Crippen LogP contribution in [0.25, 0.3) is 5.52 Å². The molecule has 0 saturated carbocycles. The number of fused-ring (bicyclic) bond motifs is 1. The summed E-state index contributed by atoms with van der Waals surface area (Å²) in [5.74, 6) is 1.11. The van der Waals surface area contributed by atoms with E-state index in [1.54, 1.807) is 24.7 Å². The average molecular weight is 434 g/mol. The van der Waals surface area contributed by atoms with E-state index in [-0.39, 0.29) is 5.82 Å². The van der Waals surface area contributed by atoms with Crippen molar-refractivity contribution in [3.63, 3.8) is 0 Å². The molecule has 0 bridgehead atoms. The van der Waals surface area contributed by atoms with Crippen molar-refractivity contribution in [2.45, 2.75) is 35.2 Å². The van der Waals surface area contributed by atoms with E-state index in [9.17, 15) is 4.79 Å². The molecule has 0 spiro atoms. The van der Waals surface area contributed by atoms with E-state index in [4.69, 9.17) is 22.4 Å². The van der Waals surface area contributed by atoms with Gasteiger partial charge in [0.1, 0.15) is 16.4 Å². The number of nitrogen functional groups attached to an aromatic ring is 1. The molecule has 1 aliphatic heterocycles. The van der Waals surface area contributed by atoms with Gasteiger partial charge in [-0.1, -0.05) is 23.4 Å². The molecule has 1 saturated heterocycles. The summed E-state index contributed by atoms with van der Waals surface area (Å²) < 4.78 is 1.82. The van der Waals surface area contributed by atoms with Gasteiger partial charge in [0.2, 0.25) is 0 Å². The van der Waals surface area contributed by atoms with Gasteiger partial charge >= 0.3 is 6.09 Å². The number of carboxylic acid groups (broad SMARTS) is 1. The first-order valence-corrected chi connectivity index (χ1v) is 10.2. The minimum absolute atomic E-state index is 0.282. The summed E-state index contributed by atoms with van der Waals surface area (Å²) in [4.78, 5) is 22.6. The van der Waals surface area contributed by atoms with Gasteiger partial charge in [-0.2, -0.15) is 5.10 Å². The molecule has 9 nitrogen and oxygen atoms in total. The highest BCUT2D eigenvalue weighted by Gasteiger charge is 2.32. The maximum atomic E-state index is 11.0. The summed E-state index contributed by atoms with van der Waals surface area (Å²) in [6, 6.07) is 3.71. The molecule has 0 aromatic carbocycles. The van der Waals surface area contributed by atoms with Gasteiger partial charge < -0.3 is 21.1 Å². The number of carbonyl (C=O) groups is 1. The first-order chi connectivity index (χ1) is 13.9. The maximum absolute atomic E-state index is 11.0.